The van der Waals surface area contributed by atoms with Gasteiger partial charge >= 0.3 is 11.9 Å². The molecule has 0 spiro atoms. The van der Waals surface area contributed by atoms with Crippen LogP contribution in [0.1, 0.15) is 91.4 Å². The van der Waals surface area contributed by atoms with Gasteiger partial charge in [0.2, 0.25) is 0 Å². The predicted molar refractivity (Wildman–Crippen MR) is 117 cm³/mol. The van der Waals surface area contributed by atoms with E-state index in [1.807, 2.05) is 0 Å². The second kappa shape index (κ2) is 8.51. The monoisotopic (exact) mass is 432 g/mol. The van der Waals surface area contributed by atoms with Gasteiger partial charge in [-0.1, -0.05) is 13.8 Å². The van der Waals surface area contributed by atoms with Crippen molar-refractivity contribution in [1.29, 1.82) is 0 Å². The van der Waals surface area contributed by atoms with Crippen molar-refractivity contribution in [2.24, 2.45) is 40.4 Å². The van der Waals surface area contributed by atoms with Crippen molar-refractivity contribution >= 4 is 17.7 Å². The fraction of sp³-hybridized carbons (Fsp3) is 0.885. The summed E-state index contributed by atoms with van der Waals surface area (Å²) < 4.78 is 10.4. The van der Waals surface area contributed by atoms with E-state index in [0.717, 1.165) is 51.4 Å². The first kappa shape index (κ1) is 22.8. The van der Waals surface area contributed by atoms with Crippen LogP contribution in [0, 0.1) is 40.4 Å². The number of hydrogen-bond acceptors (Lipinski definition) is 5. The van der Waals surface area contributed by atoms with Crippen molar-refractivity contribution in [3.63, 3.8) is 0 Å². The largest absolute Gasteiger partial charge is 0.469 e. The Labute approximate surface area is 187 Å². The van der Waals surface area contributed by atoms with Crippen LogP contribution >= 0.6 is 0 Å². The smallest absolute Gasteiger partial charge is 0.305 e. The summed E-state index contributed by atoms with van der Waals surface area (Å²) in [6, 6.07) is 0. The van der Waals surface area contributed by atoms with Crippen molar-refractivity contribution < 1.29 is 23.9 Å². The Kier molecular flexibility index (Phi) is 6.26. The molecule has 4 rings (SSSR count). The maximum Gasteiger partial charge on any atom is 0.305 e. The first-order chi connectivity index (χ1) is 14.7. The van der Waals surface area contributed by atoms with Crippen LogP contribution in [0.15, 0.2) is 0 Å². The van der Waals surface area contributed by atoms with Crippen molar-refractivity contribution in [3.8, 4) is 0 Å². The fourth-order valence-corrected chi connectivity index (χ4v) is 8.44. The highest BCUT2D eigenvalue weighted by atomic mass is 16.5. The number of ketones is 1. The van der Waals surface area contributed by atoms with E-state index in [2.05, 4.69) is 13.8 Å². The van der Waals surface area contributed by atoms with Crippen LogP contribution in [0.3, 0.4) is 0 Å². The average molecular weight is 433 g/mol. The quantitative estimate of drug-likeness (QED) is 0.565. The molecule has 0 radical (unpaired) electrons. The molecule has 0 saturated heterocycles. The van der Waals surface area contributed by atoms with E-state index in [-0.39, 0.29) is 28.9 Å². The second-order valence-electron chi connectivity index (χ2n) is 11.3. The number of fused-ring (bicyclic) bond motifs is 5. The summed E-state index contributed by atoms with van der Waals surface area (Å²) in [5.41, 5.74) is -0.0189. The molecule has 4 aliphatic rings. The van der Waals surface area contributed by atoms with Gasteiger partial charge in [0.25, 0.3) is 0 Å². The summed E-state index contributed by atoms with van der Waals surface area (Å²) in [4.78, 5) is 36.7. The summed E-state index contributed by atoms with van der Waals surface area (Å²) in [5.74, 6) is 2.72. The van der Waals surface area contributed by atoms with E-state index in [0.29, 0.717) is 41.8 Å². The zero-order valence-electron chi connectivity index (χ0n) is 19.8. The van der Waals surface area contributed by atoms with E-state index in [1.54, 1.807) is 0 Å². The first-order valence-electron chi connectivity index (χ1n) is 12.5. The predicted octanol–water partition coefficient (Wildman–Crippen LogP) is 5.10. The van der Waals surface area contributed by atoms with Crippen LogP contribution in [0.2, 0.25) is 0 Å². The molecular formula is C26H40O5. The van der Waals surface area contributed by atoms with Gasteiger partial charge in [0.15, 0.2) is 0 Å². The van der Waals surface area contributed by atoms with Gasteiger partial charge < -0.3 is 9.47 Å². The fourth-order valence-electron chi connectivity index (χ4n) is 8.44. The highest BCUT2D eigenvalue weighted by molar-refractivity contribution is 5.87. The van der Waals surface area contributed by atoms with Gasteiger partial charge in [-0.3, -0.25) is 14.4 Å². The summed E-state index contributed by atoms with van der Waals surface area (Å²) >= 11 is 0. The number of carbonyl (C=O) groups is 3. The van der Waals surface area contributed by atoms with Gasteiger partial charge in [-0.15, -0.1) is 0 Å². The molecule has 174 valence electrons. The third-order valence-corrected chi connectivity index (χ3v) is 10.2. The molecule has 0 aliphatic heterocycles. The van der Waals surface area contributed by atoms with Gasteiger partial charge in [-0.05, 0) is 92.8 Å². The minimum Gasteiger partial charge on any atom is -0.469 e. The Morgan fingerprint density at radius 2 is 1.84 bits per heavy atom. The molecular weight excluding hydrogens is 392 g/mol. The van der Waals surface area contributed by atoms with Crippen LogP contribution in [0.4, 0.5) is 0 Å². The number of esters is 2. The molecule has 4 aliphatic carbocycles. The highest BCUT2D eigenvalue weighted by Crippen LogP contribution is 2.66. The normalized spacial score (nSPS) is 44.1. The van der Waals surface area contributed by atoms with E-state index in [4.69, 9.17) is 9.47 Å². The minimum absolute atomic E-state index is 0.0577. The van der Waals surface area contributed by atoms with Crippen LogP contribution in [0.25, 0.3) is 0 Å². The Balaban J connectivity index is 1.47. The lowest BCUT2D eigenvalue weighted by molar-refractivity contribution is -0.166. The summed E-state index contributed by atoms with van der Waals surface area (Å²) in [5, 5.41) is 0. The lowest BCUT2D eigenvalue weighted by Gasteiger charge is -2.60. The molecule has 0 amide bonds. The number of hydrogen-bond donors (Lipinski definition) is 0. The van der Waals surface area contributed by atoms with E-state index in [9.17, 15) is 14.4 Å². The SMILES string of the molecule is COC(=O)CCC[C@H]1CC[C@H]2[C@@H]3CC[C@@H]4C[C@H](OC(C)=O)CC[C@]4(C)[C@H]3CC(=O)[C@]12C. The number of ether oxygens (including phenoxy) is 2. The summed E-state index contributed by atoms with van der Waals surface area (Å²) in [6.07, 6.45) is 10.6. The molecule has 0 heterocycles. The molecule has 0 unspecified atom stereocenters. The molecule has 4 fully saturated rings. The third kappa shape index (κ3) is 3.84. The summed E-state index contributed by atoms with van der Waals surface area (Å²) in [7, 11) is 1.44. The minimum atomic E-state index is -0.213. The zero-order valence-corrected chi connectivity index (χ0v) is 19.8. The van der Waals surface area contributed by atoms with Gasteiger partial charge in [0, 0.05) is 25.2 Å². The van der Waals surface area contributed by atoms with Gasteiger partial charge in [0.1, 0.15) is 11.9 Å². The van der Waals surface area contributed by atoms with Crippen molar-refractivity contribution in [2.75, 3.05) is 7.11 Å². The molecule has 4 saturated carbocycles. The molecule has 0 aromatic rings. The standard InChI is InChI=1S/C26H40O5/c1-16(27)31-19-12-13-25(2)18(14-19)8-10-20-21-11-9-17(6-5-7-24(29)30-4)26(21,3)23(28)15-22(20)25/h17-22H,5-15H2,1-4H3/t17-,18+,19+,20-,21-,22-,25-,26+/m0/s1. The molecule has 31 heavy (non-hydrogen) atoms. The number of methoxy groups -OCH3 is 1. The third-order valence-electron chi connectivity index (χ3n) is 10.2. The zero-order chi connectivity index (χ0) is 22.4. The number of carbonyl (C=O) groups excluding carboxylic acids is 3. The summed E-state index contributed by atoms with van der Waals surface area (Å²) in [6.45, 7) is 6.18. The van der Waals surface area contributed by atoms with Gasteiger partial charge in [-0.2, -0.15) is 0 Å². The van der Waals surface area contributed by atoms with E-state index >= 15 is 0 Å². The Morgan fingerprint density at radius 1 is 1.06 bits per heavy atom. The second-order valence-corrected chi connectivity index (χ2v) is 11.3. The lowest BCUT2D eigenvalue weighted by atomic mass is 9.44. The molecule has 8 atom stereocenters. The highest BCUT2D eigenvalue weighted by Gasteiger charge is 2.63. The van der Waals surface area contributed by atoms with Crippen LogP contribution in [-0.4, -0.2) is 30.9 Å². The van der Waals surface area contributed by atoms with Crippen LogP contribution < -0.4 is 0 Å². The van der Waals surface area contributed by atoms with Crippen LogP contribution in [-0.2, 0) is 23.9 Å². The topological polar surface area (TPSA) is 69.7 Å². The molecule has 5 heteroatoms. The number of Topliss-reactive ketones (excluding diaryl/α,β-unsaturated/α-hetero) is 1. The van der Waals surface area contributed by atoms with Gasteiger partial charge in [0.05, 0.1) is 7.11 Å². The van der Waals surface area contributed by atoms with Crippen molar-refractivity contribution in [1.82, 2.24) is 0 Å². The maximum atomic E-state index is 13.7. The molecule has 0 bridgehead atoms. The van der Waals surface area contributed by atoms with Crippen molar-refractivity contribution in [2.45, 2.75) is 97.5 Å². The average Bonchev–Trinajstić information content (AvgIpc) is 3.06. The first-order valence-corrected chi connectivity index (χ1v) is 12.5. The molecule has 0 aromatic carbocycles. The Hall–Kier alpha value is -1.39. The molecule has 0 N–H and O–H groups in total. The van der Waals surface area contributed by atoms with E-state index in [1.165, 1.54) is 26.9 Å². The van der Waals surface area contributed by atoms with Crippen molar-refractivity contribution in [3.05, 3.63) is 0 Å². The number of rotatable bonds is 5. The Morgan fingerprint density at radius 3 is 2.55 bits per heavy atom. The van der Waals surface area contributed by atoms with E-state index < -0.39 is 0 Å². The molecule has 5 nitrogen and oxygen atoms in total. The maximum absolute atomic E-state index is 13.7. The molecule has 0 aromatic heterocycles. The van der Waals surface area contributed by atoms with Gasteiger partial charge in [-0.25, -0.2) is 0 Å². The van der Waals surface area contributed by atoms with Crippen LogP contribution in [0.5, 0.6) is 0 Å². The lowest BCUT2D eigenvalue weighted by Crippen LogP contribution is -2.57. The Bertz CT molecular complexity index is 731.